The molecule has 134 valence electrons. The topological polar surface area (TPSA) is 0 Å². The first-order valence-electron chi connectivity index (χ1n) is 9.31. The van der Waals surface area contributed by atoms with Gasteiger partial charge < -0.3 is 0 Å². The summed E-state index contributed by atoms with van der Waals surface area (Å²) < 4.78 is 0. The molecular weight excluding hydrogens is 363 g/mol. The van der Waals surface area contributed by atoms with Crippen LogP contribution in [0.1, 0.15) is 15.3 Å². The van der Waals surface area contributed by atoms with Crippen LogP contribution in [0.15, 0.2) is 97.1 Å². The fraction of sp³-hybridized carbons (Fsp3) is 0.120. The SMILES string of the molecule is Cc1cc(C[P+](c2ccccc2)(c2ccccc2)c2ccccc2)c(C)s1. The molecule has 1 aromatic heterocycles. The fourth-order valence-corrected chi connectivity index (χ4v) is 9.24. The number of thiophene rings is 1. The van der Waals surface area contributed by atoms with Crippen molar-refractivity contribution >= 4 is 34.5 Å². The first-order chi connectivity index (χ1) is 13.2. The van der Waals surface area contributed by atoms with Crippen molar-refractivity contribution in [2.75, 3.05) is 0 Å². The summed E-state index contributed by atoms with van der Waals surface area (Å²) in [6, 6.07) is 35.8. The predicted octanol–water partition coefficient (Wildman–Crippen LogP) is 5.86. The van der Waals surface area contributed by atoms with E-state index in [1.165, 1.54) is 31.2 Å². The molecule has 4 aromatic rings. The van der Waals surface area contributed by atoms with Crippen LogP contribution in [0, 0.1) is 13.8 Å². The fourth-order valence-electron chi connectivity index (χ4n) is 3.86. The molecule has 0 bridgehead atoms. The average molecular weight is 388 g/mol. The lowest BCUT2D eigenvalue weighted by Gasteiger charge is -2.27. The van der Waals surface area contributed by atoms with Crippen LogP contribution in [-0.4, -0.2) is 0 Å². The van der Waals surface area contributed by atoms with Gasteiger partial charge in [0.15, 0.2) is 0 Å². The molecule has 0 atom stereocenters. The Bertz CT molecular complexity index is 907. The summed E-state index contributed by atoms with van der Waals surface area (Å²) in [6.45, 7) is 4.48. The highest BCUT2D eigenvalue weighted by atomic mass is 32.1. The quantitative estimate of drug-likeness (QED) is 0.376. The highest BCUT2D eigenvalue weighted by Crippen LogP contribution is 2.58. The second-order valence-corrected chi connectivity index (χ2v) is 11.9. The smallest absolute Gasteiger partial charge is 0.116 e. The summed E-state index contributed by atoms with van der Waals surface area (Å²) in [7, 11) is -1.78. The molecule has 2 heteroatoms. The molecular formula is C25H24PS+. The van der Waals surface area contributed by atoms with Gasteiger partial charge in [0, 0.05) is 15.3 Å². The normalized spacial score (nSPS) is 11.5. The monoisotopic (exact) mass is 387 g/mol. The third-order valence-corrected chi connectivity index (χ3v) is 10.5. The first-order valence-corrected chi connectivity index (χ1v) is 12.1. The van der Waals surface area contributed by atoms with Gasteiger partial charge in [-0.3, -0.25) is 0 Å². The Morgan fingerprint density at radius 3 is 1.37 bits per heavy atom. The van der Waals surface area contributed by atoms with Crippen molar-refractivity contribution in [2.45, 2.75) is 20.0 Å². The molecule has 0 unspecified atom stereocenters. The van der Waals surface area contributed by atoms with Gasteiger partial charge in [0.05, 0.1) is 6.16 Å². The maximum absolute atomic E-state index is 2.39. The van der Waals surface area contributed by atoms with Crippen LogP contribution in [0.2, 0.25) is 0 Å². The van der Waals surface area contributed by atoms with E-state index in [2.05, 4.69) is 111 Å². The minimum absolute atomic E-state index is 1.07. The second-order valence-electron chi connectivity index (χ2n) is 6.91. The third-order valence-electron chi connectivity index (χ3n) is 5.14. The van der Waals surface area contributed by atoms with Crippen LogP contribution >= 0.6 is 18.6 Å². The molecule has 0 N–H and O–H groups in total. The molecule has 0 amide bonds. The average Bonchev–Trinajstić information content (AvgIpc) is 3.04. The van der Waals surface area contributed by atoms with Gasteiger partial charge in [-0.15, -0.1) is 11.3 Å². The Hall–Kier alpha value is -2.21. The minimum atomic E-state index is -1.78. The number of hydrogen-bond acceptors (Lipinski definition) is 1. The van der Waals surface area contributed by atoms with Crippen molar-refractivity contribution in [3.05, 3.63) is 112 Å². The van der Waals surface area contributed by atoms with Crippen LogP contribution in [0.4, 0.5) is 0 Å². The summed E-state index contributed by atoms with van der Waals surface area (Å²) in [6.07, 6.45) is 1.07. The van der Waals surface area contributed by atoms with E-state index in [1.54, 1.807) is 0 Å². The van der Waals surface area contributed by atoms with E-state index in [-0.39, 0.29) is 0 Å². The van der Waals surface area contributed by atoms with Crippen LogP contribution in [0.5, 0.6) is 0 Å². The van der Waals surface area contributed by atoms with E-state index in [9.17, 15) is 0 Å². The Morgan fingerprint density at radius 1 is 0.630 bits per heavy atom. The summed E-state index contributed by atoms with van der Waals surface area (Å²) in [4.78, 5) is 2.84. The van der Waals surface area contributed by atoms with E-state index in [0.717, 1.165) is 6.16 Å². The third kappa shape index (κ3) is 3.50. The van der Waals surface area contributed by atoms with Gasteiger partial charge >= 0.3 is 0 Å². The van der Waals surface area contributed by atoms with Crippen LogP contribution < -0.4 is 15.9 Å². The molecule has 0 saturated carbocycles. The number of aryl methyl sites for hydroxylation is 2. The Kier molecular flexibility index (Phi) is 5.25. The van der Waals surface area contributed by atoms with E-state index in [1.807, 2.05) is 11.3 Å². The lowest BCUT2D eigenvalue weighted by molar-refractivity contribution is 1.36. The van der Waals surface area contributed by atoms with Gasteiger partial charge in [0.1, 0.15) is 23.2 Å². The maximum atomic E-state index is 2.39. The van der Waals surface area contributed by atoms with E-state index >= 15 is 0 Å². The van der Waals surface area contributed by atoms with Gasteiger partial charge in [-0.25, -0.2) is 0 Å². The molecule has 0 saturated heterocycles. The van der Waals surface area contributed by atoms with Crippen molar-refractivity contribution in [3.63, 3.8) is 0 Å². The van der Waals surface area contributed by atoms with E-state index in [0.29, 0.717) is 0 Å². The van der Waals surface area contributed by atoms with Crippen molar-refractivity contribution < 1.29 is 0 Å². The highest BCUT2D eigenvalue weighted by molar-refractivity contribution is 7.95. The minimum Gasteiger partial charge on any atom is -0.146 e. The number of hydrogen-bond donors (Lipinski definition) is 0. The molecule has 27 heavy (non-hydrogen) atoms. The zero-order valence-electron chi connectivity index (χ0n) is 15.8. The predicted molar refractivity (Wildman–Crippen MR) is 123 cm³/mol. The van der Waals surface area contributed by atoms with Gasteiger partial charge in [0.25, 0.3) is 0 Å². The molecule has 0 aliphatic heterocycles. The van der Waals surface area contributed by atoms with Crippen LogP contribution in [0.25, 0.3) is 0 Å². The molecule has 0 spiro atoms. The Balaban J connectivity index is 2.01. The summed E-state index contributed by atoms with van der Waals surface area (Å²) in [5, 5.41) is 4.35. The highest BCUT2D eigenvalue weighted by Gasteiger charge is 2.45. The Labute approximate surface area is 166 Å². The van der Waals surface area contributed by atoms with E-state index in [4.69, 9.17) is 0 Å². The largest absolute Gasteiger partial charge is 0.146 e. The summed E-state index contributed by atoms with van der Waals surface area (Å²) in [5.74, 6) is 0. The van der Waals surface area contributed by atoms with E-state index < -0.39 is 7.26 Å². The zero-order chi connectivity index (χ0) is 18.7. The molecule has 0 fully saturated rings. The van der Waals surface area contributed by atoms with Crippen LogP contribution in [0.3, 0.4) is 0 Å². The molecule has 0 radical (unpaired) electrons. The lowest BCUT2D eigenvalue weighted by Crippen LogP contribution is -2.32. The lowest BCUT2D eigenvalue weighted by atomic mass is 10.3. The molecule has 0 aliphatic rings. The second kappa shape index (κ2) is 7.80. The molecule has 1 heterocycles. The molecule has 4 rings (SSSR count). The van der Waals surface area contributed by atoms with Gasteiger partial charge in [-0.2, -0.15) is 0 Å². The van der Waals surface area contributed by atoms with Crippen molar-refractivity contribution in [1.82, 2.24) is 0 Å². The van der Waals surface area contributed by atoms with Crippen molar-refractivity contribution in [1.29, 1.82) is 0 Å². The zero-order valence-corrected chi connectivity index (χ0v) is 17.5. The summed E-state index contributed by atoms with van der Waals surface area (Å²) in [5.41, 5.74) is 1.49. The van der Waals surface area contributed by atoms with Gasteiger partial charge in [-0.1, -0.05) is 54.6 Å². The molecule has 3 aromatic carbocycles. The standard InChI is InChI=1S/C25H24PS/c1-20-18-22(21(2)27-20)19-26(23-12-6-3-7-13-23,24-14-8-4-9-15-24)25-16-10-5-11-17-25/h3-18H,19H2,1-2H3/q+1. The van der Waals surface area contributed by atoms with Gasteiger partial charge in [0.2, 0.25) is 0 Å². The van der Waals surface area contributed by atoms with Gasteiger partial charge in [-0.05, 0) is 56.3 Å². The summed E-state index contributed by atoms with van der Waals surface area (Å²) >= 11 is 1.91. The molecule has 0 nitrogen and oxygen atoms in total. The van der Waals surface area contributed by atoms with Crippen molar-refractivity contribution in [2.24, 2.45) is 0 Å². The molecule has 0 aliphatic carbocycles. The number of benzene rings is 3. The number of rotatable bonds is 5. The Morgan fingerprint density at radius 2 is 1.04 bits per heavy atom. The first kappa shape index (κ1) is 18.2. The maximum Gasteiger partial charge on any atom is 0.116 e. The van der Waals surface area contributed by atoms with Crippen LogP contribution in [-0.2, 0) is 6.16 Å². The van der Waals surface area contributed by atoms with Crippen molar-refractivity contribution in [3.8, 4) is 0 Å².